The Labute approximate surface area is 108 Å². The summed E-state index contributed by atoms with van der Waals surface area (Å²) >= 11 is 0. The van der Waals surface area contributed by atoms with Crippen molar-refractivity contribution in [3.8, 4) is 0 Å². The molecular weight excluding hydrogens is 232 g/mol. The van der Waals surface area contributed by atoms with E-state index in [-0.39, 0.29) is 24.0 Å². The maximum absolute atomic E-state index is 12.3. The Bertz CT molecular complexity index is 326. The number of esters is 1. The van der Waals surface area contributed by atoms with Gasteiger partial charge >= 0.3 is 5.97 Å². The Morgan fingerprint density at radius 2 is 1.83 bits per heavy atom. The number of likely N-dealkylation sites (tertiary alicyclic amines) is 2. The van der Waals surface area contributed by atoms with Crippen LogP contribution in [0.3, 0.4) is 0 Å². The van der Waals surface area contributed by atoms with E-state index in [0.29, 0.717) is 0 Å². The Morgan fingerprint density at radius 1 is 1.17 bits per heavy atom. The Balaban J connectivity index is 2.00. The SMILES string of the molecule is COC(=O)C1CCCN1C(C)C(=O)N1CCCC1. The van der Waals surface area contributed by atoms with E-state index in [9.17, 15) is 9.59 Å². The van der Waals surface area contributed by atoms with E-state index < -0.39 is 0 Å². The van der Waals surface area contributed by atoms with E-state index in [1.807, 2.05) is 16.7 Å². The summed E-state index contributed by atoms with van der Waals surface area (Å²) < 4.78 is 4.81. The topological polar surface area (TPSA) is 49.9 Å². The van der Waals surface area contributed by atoms with Gasteiger partial charge in [0.15, 0.2) is 0 Å². The first kappa shape index (κ1) is 13.3. The molecule has 2 aliphatic heterocycles. The molecule has 0 saturated carbocycles. The molecule has 18 heavy (non-hydrogen) atoms. The van der Waals surface area contributed by atoms with Crippen molar-refractivity contribution in [1.82, 2.24) is 9.80 Å². The lowest BCUT2D eigenvalue weighted by atomic mass is 10.2. The molecular formula is C13H22N2O3. The summed E-state index contributed by atoms with van der Waals surface area (Å²) in [5.41, 5.74) is 0. The molecule has 0 aromatic carbocycles. The third kappa shape index (κ3) is 2.51. The fourth-order valence-corrected chi connectivity index (χ4v) is 2.99. The highest BCUT2D eigenvalue weighted by molar-refractivity contribution is 5.83. The monoisotopic (exact) mass is 254 g/mol. The Hall–Kier alpha value is -1.10. The molecule has 5 nitrogen and oxygen atoms in total. The zero-order chi connectivity index (χ0) is 13.1. The standard InChI is InChI=1S/C13H22N2O3/c1-10(12(16)14-7-3-4-8-14)15-9-5-6-11(15)13(17)18-2/h10-11H,3-9H2,1-2H3. The van der Waals surface area contributed by atoms with E-state index in [4.69, 9.17) is 4.74 Å². The number of carbonyl (C=O) groups excluding carboxylic acids is 2. The van der Waals surface area contributed by atoms with Crippen molar-refractivity contribution in [3.63, 3.8) is 0 Å². The molecule has 0 bridgehead atoms. The fourth-order valence-electron chi connectivity index (χ4n) is 2.99. The van der Waals surface area contributed by atoms with Gasteiger partial charge in [-0.05, 0) is 39.2 Å². The normalized spacial score (nSPS) is 26.3. The van der Waals surface area contributed by atoms with Crippen LogP contribution in [-0.4, -0.2) is 60.5 Å². The van der Waals surface area contributed by atoms with E-state index >= 15 is 0 Å². The summed E-state index contributed by atoms with van der Waals surface area (Å²) in [7, 11) is 1.41. The highest BCUT2D eigenvalue weighted by atomic mass is 16.5. The summed E-state index contributed by atoms with van der Waals surface area (Å²) in [6.45, 7) is 4.43. The van der Waals surface area contributed by atoms with Crippen molar-refractivity contribution < 1.29 is 14.3 Å². The van der Waals surface area contributed by atoms with Gasteiger partial charge in [-0.25, -0.2) is 0 Å². The van der Waals surface area contributed by atoms with E-state index in [1.165, 1.54) is 7.11 Å². The van der Waals surface area contributed by atoms with Gasteiger partial charge in [0.25, 0.3) is 0 Å². The average Bonchev–Trinajstić information content (AvgIpc) is 3.06. The van der Waals surface area contributed by atoms with Crippen LogP contribution in [0.5, 0.6) is 0 Å². The molecule has 2 atom stereocenters. The summed E-state index contributed by atoms with van der Waals surface area (Å²) in [6, 6.07) is -0.453. The van der Waals surface area contributed by atoms with Crippen LogP contribution in [0, 0.1) is 0 Å². The quantitative estimate of drug-likeness (QED) is 0.693. The number of hydrogen-bond donors (Lipinski definition) is 0. The second-order valence-corrected chi connectivity index (χ2v) is 5.13. The number of hydrogen-bond acceptors (Lipinski definition) is 4. The zero-order valence-corrected chi connectivity index (χ0v) is 11.2. The number of methoxy groups -OCH3 is 1. The second kappa shape index (κ2) is 5.69. The van der Waals surface area contributed by atoms with Gasteiger partial charge < -0.3 is 9.64 Å². The van der Waals surface area contributed by atoms with Gasteiger partial charge in [-0.3, -0.25) is 14.5 Å². The lowest BCUT2D eigenvalue weighted by Gasteiger charge is -2.30. The third-order valence-corrected chi connectivity index (χ3v) is 4.04. The lowest BCUT2D eigenvalue weighted by Crippen LogP contribution is -2.50. The van der Waals surface area contributed by atoms with E-state index in [2.05, 4.69) is 0 Å². The second-order valence-electron chi connectivity index (χ2n) is 5.13. The molecule has 0 aromatic heterocycles. The van der Waals surface area contributed by atoms with Crippen molar-refractivity contribution in [2.75, 3.05) is 26.7 Å². The van der Waals surface area contributed by atoms with Gasteiger partial charge in [0.2, 0.25) is 5.91 Å². The van der Waals surface area contributed by atoms with Crippen molar-refractivity contribution in [2.24, 2.45) is 0 Å². The molecule has 2 heterocycles. The summed E-state index contributed by atoms with van der Waals surface area (Å²) in [4.78, 5) is 27.9. The number of carbonyl (C=O) groups is 2. The van der Waals surface area contributed by atoms with Crippen molar-refractivity contribution >= 4 is 11.9 Å². The molecule has 0 radical (unpaired) electrons. The molecule has 1 amide bonds. The average molecular weight is 254 g/mol. The molecule has 0 spiro atoms. The number of amides is 1. The fraction of sp³-hybridized carbons (Fsp3) is 0.846. The maximum atomic E-state index is 12.3. The predicted octanol–water partition coefficient (Wildman–Crippen LogP) is 0.635. The van der Waals surface area contributed by atoms with Gasteiger partial charge in [-0.15, -0.1) is 0 Å². The zero-order valence-electron chi connectivity index (χ0n) is 11.2. The van der Waals surface area contributed by atoms with Crippen LogP contribution < -0.4 is 0 Å². The van der Waals surface area contributed by atoms with Crippen molar-refractivity contribution in [1.29, 1.82) is 0 Å². The molecule has 0 aromatic rings. The van der Waals surface area contributed by atoms with Crippen molar-refractivity contribution in [3.05, 3.63) is 0 Å². The molecule has 0 N–H and O–H groups in total. The smallest absolute Gasteiger partial charge is 0.323 e. The van der Waals surface area contributed by atoms with Crippen LogP contribution in [0.25, 0.3) is 0 Å². The molecule has 0 aliphatic carbocycles. The minimum absolute atomic E-state index is 0.156. The first-order valence-electron chi connectivity index (χ1n) is 6.77. The third-order valence-electron chi connectivity index (χ3n) is 4.04. The molecule has 102 valence electrons. The Morgan fingerprint density at radius 3 is 2.44 bits per heavy atom. The summed E-state index contributed by atoms with van der Waals surface area (Å²) in [6.07, 6.45) is 3.94. The summed E-state index contributed by atoms with van der Waals surface area (Å²) in [5.74, 6) is -0.0584. The van der Waals surface area contributed by atoms with Crippen LogP contribution >= 0.6 is 0 Å². The lowest BCUT2D eigenvalue weighted by molar-refractivity contribution is -0.148. The number of nitrogens with zero attached hydrogens (tertiary/aromatic N) is 2. The number of ether oxygens (including phenoxy) is 1. The largest absolute Gasteiger partial charge is 0.468 e. The minimum atomic E-state index is -0.239. The van der Waals surface area contributed by atoms with E-state index in [0.717, 1.165) is 45.3 Å². The molecule has 2 rings (SSSR count). The van der Waals surface area contributed by atoms with Crippen LogP contribution in [0.1, 0.15) is 32.6 Å². The van der Waals surface area contributed by atoms with Gasteiger partial charge in [0.1, 0.15) is 6.04 Å². The van der Waals surface area contributed by atoms with Crippen LogP contribution in [0.15, 0.2) is 0 Å². The van der Waals surface area contributed by atoms with Crippen LogP contribution in [0.2, 0.25) is 0 Å². The van der Waals surface area contributed by atoms with Crippen molar-refractivity contribution in [2.45, 2.75) is 44.7 Å². The number of rotatable bonds is 3. The highest BCUT2D eigenvalue weighted by Crippen LogP contribution is 2.23. The Kier molecular flexibility index (Phi) is 4.22. The molecule has 2 saturated heterocycles. The summed E-state index contributed by atoms with van der Waals surface area (Å²) in [5, 5.41) is 0. The van der Waals surface area contributed by atoms with Gasteiger partial charge in [0.05, 0.1) is 13.2 Å². The van der Waals surface area contributed by atoms with Gasteiger partial charge in [-0.2, -0.15) is 0 Å². The molecule has 2 fully saturated rings. The maximum Gasteiger partial charge on any atom is 0.323 e. The van der Waals surface area contributed by atoms with Crippen LogP contribution in [0.4, 0.5) is 0 Å². The molecule has 2 unspecified atom stereocenters. The van der Waals surface area contributed by atoms with E-state index in [1.54, 1.807) is 0 Å². The highest BCUT2D eigenvalue weighted by Gasteiger charge is 2.38. The first-order chi connectivity index (χ1) is 8.65. The first-order valence-corrected chi connectivity index (χ1v) is 6.77. The van der Waals surface area contributed by atoms with Gasteiger partial charge in [-0.1, -0.05) is 0 Å². The molecule has 5 heteroatoms. The van der Waals surface area contributed by atoms with Gasteiger partial charge in [0, 0.05) is 13.1 Å². The molecule has 2 aliphatic rings. The predicted molar refractivity (Wildman–Crippen MR) is 67.0 cm³/mol. The minimum Gasteiger partial charge on any atom is -0.468 e. The van der Waals surface area contributed by atoms with Crippen LogP contribution in [-0.2, 0) is 14.3 Å².